The standard InChI is InChI=1S/C22H19N3O/c1-15-6-8-17(9-7-15)22-25-20(18-4-2-3-5-21(18)26-22)14-19(24-25)16-10-12-23-13-11-16/h2-13,20,22H,14H2,1H3/t20-,22-/m1/s1. The van der Waals surface area contributed by atoms with Crippen molar-refractivity contribution in [2.45, 2.75) is 25.6 Å². The highest BCUT2D eigenvalue weighted by Crippen LogP contribution is 2.47. The van der Waals surface area contributed by atoms with Crippen LogP contribution >= 0.6 is 0 Å². The summed E-state index contributed by atoms with van der Waals surface area (Å²) in [6.45, 7) is 2.10. The molecule has 128 valence electrons. The van der Waals surface area contributed by atoms with Crippen LogP contribution in [-0.4, -0.2) is 15.7 Å². The number of para-hydroxylation sites is 1. The summed E-state index contributed by atoms with van der Waals surface area (Å²) in [4.78, 5) is 4.12. The third kappa shape index (κ3) is 2.46. The van der Waals surface area contributed by atoms with Gasteiger partial charge >= 0.3 is 0 Å². The lowest BCUT2D eigenvalue weighted by molar-refractivity contribution is -0.0190. The smallest absolute Gasteiger partial charge is 0.213 e. The van der Waals surface area contributed by atoms with Crippen molar-refractivity contribution in [2.75, 3.05) is 0 Å². The second-order valence-electron chi connectivity index (χ2n) is 6.80. The Morgan fingerprint density at radius 3 is 2.54 bits per heavy atom. The largest absolute Gasteiger partial charge is 0.464 e. The molecule has 5 rings (SSSR count). The molecule has 0 amide bonds. The molecule has 2 aromatic carbocycles. The number of rotatable bonds is 2. The molecule has 0 N–H and O–H groups in total. The zero-order chi connectivity index (χ0) is 17.5. The molecule has 0 unspecified atom stereocenters. The highest BCUT2D eigenvalue weighted by Gasteiger charge is 2.40. The molecule has 0 saturated carbocycles. The van der Waals surface area contributed by atoms with E-state index in [0.717, 1.165) is 29.0 Å². The summed E-state index contributed by atoms with van der Waals surface area (Å²) in [7, 11) is 0. The third-order valence-corrected chi connectivity index (χ3v) is 5.08. The van der Waals surface area contributed by atoms with E-state index in [-0.39, 0.29) is 12.3 Å². The number of nitrogens with zero attached hydrogens (tertiary/aromatic N) is 3. The van der Waals surface area contributed by atoms with Crippen LogP contribution in [0.15, 0.2) is 78.2 Å². The van der Waals surface area contributed by atoms with Crippen molar-refractivity contribution in [3.63, 3.8) is 0 Å². The predicted octanol–water partition coefficient (Wildman–Crippen LogP) is 4.63. The van der Waals surface area contributed by atoms with E-state index >= 15 is 0 Å². The molecule has 4 nitrogen and oxygen atoms in total. The molecule has 0 bridgehead atoms. The average Bonchev–Trinajstić information content (AvgIpc) is 3.14. The number of ether oxygens (including phenoxy) is 1. The zero-order valence-corrected chi connectivity index (χ0v) is 14.5. The van der Waals surface area contributed by atoms with E-state index in [9.17, 15) is 0 Å². The normalized spacial score (nSPS) is 20.8. The molecule has 1 aromatic heterocycles. The van der Waals surface area contributed by atoms with E-state index in [1.807, 2.05) is 30.6 Å². The maximum atomic E-state index is 6.36. The minimum atomic E-state index is -0.213. The SMILES string of the molecule is Cc1ccc([C@H]2Oc3ccccc3[C@H]3CC(c4ccncc4)=NN32)cc1. The van der Waals surface area contributed by atoms with Gasteiger partial charge in [0.05, 0.1) is 11.8 Å². The van der Waals surface area contributed by atoms with E-state index in [1.165, 1.54) is 11.1 Å². The molecule has 2 atom stereocenters. The van der Waals surface area contributed by atoms with Crippen molar-refractivity contribution in [3.05, 3.63) is 95.3 Å². The molecule has 2 aliphatic rings. The van der Waals surface area contributed by atoms with Crippen molar-refractivity contribution in [1.82, 2.24) is 9.99 Å². The van der Waals surface area contributed by atoms with Crippen molar-refractivity contribution in [2.24, 2.45) is 5.10 Å². The van der Waals surface area contributed by atoms with Gasteiger partial charge in [0, 0.05) is 35.5 Å². The van der Waals surface area contributed by atoms with Gasteiger partial charge in [0.25, 0.3) is 0 Å². The van der Waals surface area contributed by atoms with Crippen molar-refractivity contribution in [3.8, 4) is 5.75 Å². The van der Waals surface area contributed by atoms with Gasteiger partial charge in [0.15, 0.2) is 0 Å². The number of hydrogen-bond acceptors (Lipinski definition) is 4. The van der Waals surface area contributed by atoms with Crippen LogP contribution in [0.4, 0.5) is 0 Å². The maximum absolute atomic E-state index is 6.36. The molecular weight excluding hydrogens is 322 g/mol. The van der Waals surface area contributed by atoms with Gasteiger partial charge < -0.3 is 4.74 Å². The van der Waals surface area contributed by atoms with E-state index in [4.69, 9.17) is 9.84 Å². The Bertz CT molecular complexity index is 966. The minimum absolute atomic E-state index is 0.189. The van der Waals surface area contributed by atoms with Crippen LogP contribution in [0.5, 0.6) is 5.75 Å². The lowest BCUT2D eigenvalue weighted by Crippen LogP contribution is -2.33. The molecule has 2 aliphatic heterocycles. The van der Waals surface area contributed by atoms with Gasteiger partial charge in [-0.2, -0.15) is 5.10 Å². The maximum Gasteiger partial charge on any atom is 0.213 e. The number of fused-ring (bicyclic) bond motifs is 3. The van der Waals surface area contributed by atoms with Gasteiger partial charge in [-0.3, -0.25) is 4.98 Å². The number of pyridine rings is 1. The van der Waals surface area contributed by atoms with Gasteiger partial charge in [-0.1, -0.05) is 48.0 Å². The quantitative estimate of drug-likeness (QED) is 0.682. The van der Waals surface area contributed by atoms with Crippen molar-refractivity contribution < 1.29 is 4.74 Å². The van der Waals surface area contributed by atoms with Crippen molar-refractivity contribution in [1.29, 1.82) is 0 Å². The minimum Gasteiger partial charge on any atom is -0.464 e. The topological polar surface area (TPSA) is 37.7 Å². The Morgan fingerprint density at radius 2 is 1.73 bits per heavy atom. The highest BCUT2D eigenvalue weighted by molar-refractivity contribution is 6.01. The van der Waals surface area contributed by atoms with Gasteiger partial charge in [0.2, 0.25) is 6.23 Å². The number of hydrogen-bond donors (Lipinski definition) is 0. The summed E-state index contributed by atoms with van der Waals surface area (Å²) in [6.07, 6.45) is 4.29. The lowest BCUT2D eigenvalue weighted by Gasteiger charge is -2.38. The Kier molecular flexibility index (Phi) is 3.49. The molecule has 3 heterocycles. The number of benzene rings is 2. The van der Waals surface area contributed by atoms with E-state index in [1.54, 1.807) is 0 Å². The zero-order valence-electron chi connectivity index (χ0n) is 14.5. The number of aryl methyl sites for hydroxylation is 1. The van der Waals surface area contributed by atoms with Gasteiger partial charge in [-0.05, 0) is 25.1 Å². The molecule has 0 aliphatic carbocycles. The molecule has 3 aromatic rings. The molecule has 0 saturated heterocycles. The number of aromatic nitrogens is 1. The predicted molar refractivity (Wildman–Crippen MR) is 101 cm³/mol. The first-order valence-electron chi connectivity index (χ1n) is 8.88. The van der Waals surface area contributed by atoms with Gasteiger partial charge in [-0.15, -0.1) is 0 Å². The van der Waals surface area contributed by atoms with E-state index in [0.29, 0.717) is 0 Å². The lowest BCUT2D eigenvalue weighted by atomic mass is 9.96. The highest BCUT2D eigenvalue weighted by atomic mass is 16.5. The van der Waals surface area contributed by atoms with Crippen LogP contribution in [0.1, 0.15) is 40.9 Å². The number of hydrazone groups is 1. The second kappa shape index (κ2) is 5.99. The van der Waals surface area contributed by atoms with Crippen LogP contribution in [0.2, 0.25) is 0 Å². The summed E-state index contributed by atoms with van der Waals surface area (Å²) >= 11 is 0. The fourth-order valence-electron chi connectivity index (χ4n) is 3.70. The monoisotopic (exact) mass is 341 g/mol. The van der Waals surface area contributed by atoms with Crippen LogP contribution in [-0.2, 0) is 0 Å². The molecule has 26 heavy (non-hydrogen) atoms. The molecule has 0 radical (unpaired) electrons. The van der Waals surface area contributed by atoms with Gasteiger partial charge in [-0.25, -0.2) is 5.01 Å². The molecule has 0 spiro atoms. The Morgan fingerprint density at radius 1 is 0.962 bits per heavy atom. The second-order valence-corrected chi connectivity index (χ2v) is 6.80. The summed E-state index contributed by atoms with van der Waals surface area (Å²) in [6, 6.07) is 21.0. The third-order valence-electron chi connectivity index (χ3n) is 5.08. The van der Waals surface area contributed by atoms with E-state index < -0.39 is 0 Å². The summed E-state index contributed by atoms with van der Waals surface area (Å²) in [5, 5.41) is 7.07. The summed E-state index contributed by atoms with van der Waals surface area (Å²) in [5.41, 5.74) is 5.76. The van der Waals surface area contributed by atoms with Crippen LogP contribution in [0.3, 0.4) is 0 Å². The van der Waals surface area contributed by atoms with Crippen molar-refractivity contribution >= 4 is 5.71 Å². The van der Waals surface area contributed by atoms with Crippen LogP contribution in [0.25, 0.3) is 0 Å². The Hall–Kier alpha value is -3.14. The van der Waals surface area contributed by atoms with E-state index in [2.05, 4.69) is 59.4 Å². The molecular formula is C22H19N3O. The summed E-state index contributed by atoms with van der Waals surface area (Å²) < 4.78 is 6.36. The fraction of sp³-hybridized carbons (Fsp3) is 0.182. The Labute approximate surface area is 152 Å². The Balaban J connectivity index is 1.60. The molecule has 0 fully saturated rings. The van der Waals surface area contributed by atoms with Crippen LogP contribution < -0.4 is 4.74 Å². The average molecular weight is 341 g/mol. The first-order valence-corrected chi connectivity index (χ1v) is 8.88. The van der Waals surface area contributed by atoms with Gasteiger partial charge in [0.1, 0.15) is 5.75 Å². The molecule has 4 heteroatoms. The first kappa shape index (κ1) is 15.1. The van der Waals surface area contributed by atoms with Crippen LogP contribution in [0, 0.1) is 6.92 Å². The first-order chi connectivity index (χ1) is 12.8. The summed E-state index contributed by atoms with van der Waals surface area (Å²) in [5.74, 6) is 0.950. The fourth-order valence-corrected chi connectivity index (χ4v) is 3.70.